The molecular formula is C11H15BrN2O3S. The minimum Gasteiger partial charge on any atom is -0.326 e. The van der Waals surface area contributed by atoms with E-state index in [2.05, 4.69) is 26.0 Å². The van der Waals surface area contributed by atoms with Gasteiger partial charge in [-0.2, -0.15) is 0 Å². The second-order valence-electron chi connectivity index (χ2n) is 3.67. The Hall–Kier alpha value is -0.920. The highest BCUT2D eigenvalue weighted by Crippen LogP contribution is 2.20. The topological polar surface area (TPSA) is 75.3 Å². The van der Waals surface area contributed by atoms with Crippen molar-refractivity contribution >= 4 is 37.5 Å². The maximum absolute atomic E-state index is 11.6. The fourth-order valence-corrected chi connectivity index (χ4v) is 2.44. The number of amides is 1. The van der Waals surface area contributed by atoms with Crippen LogP contribution in [0.1, 0.15) is 12.0 Å². The third-order valence-electron chi connectivity index (χ3n) is 2.38. The van der Waals surface area contributed by atoms with Gasteiger partial charge in [0.05, 0.1) is 4.90 Å². The zero-order valence-corrected chi connectivity index (χ0v) is 12.6. The van der Waals surface area contributed by atoms with Gasteiger partial charge in [0.2, 0.25) is 15.9 Å². The number of anilines is 1. The molecule has 18 heavy (non-hydrogen) atoms. The molecule has 0 aliphatic carbocycles. The Balaban J connectivity index is 3.06. The van der Waals surface area contributed by atoms with Crippen molar-refractivity contribution in [2.45, 2.75) is 18.2 Å². The average molecular weight is 335 g/mol. The van der Waals surface area contributed by atoms with Crippen molar-refractivity contribution in [3.8, 4) is 0 Å². The van der Waals surface area contributed by atoms with Gasteiger partial charge in [0.25, 0.3) is 0 Å². The van der Waals surface area contributed by atoms with Crippen LogP contribution < -0.4 is 10.0 Å². The summed E-state index contributed by atoms with van der Waals surface area (Å²) in [6.45, 7) is 1.81. The lowest BCUT2D eigenvalue weighted by Gasteiger charge is -2.10. The summed E-state index contributed by atoms with van der Waals surface area (Å²) < 4.78 is 25.5. The van der Waals surface area contributed by atoms with Crippen LogP contribution in [0.5, 0.6) is 0 Å². The van der Waals surface area contributed by atoms with Crippen molar-refractivity contribution in [1.29, 1.82) is 0 Å². The summed E-state index contributed by atoms with van der Waals surface area (Å²) in [6, 6.07) is 4.61. The lowest BCUT2D eigenvalue weighted by atomic mass is 10.2. The molecule has 0 aromatic heterocycles. The number of carbonyl (C=O) groups is 1. The van der Waals surface area contributed by atoms with Gasteiger partial charge in [-0.15, -0.1) is 0 Å². The van der Waals surface area contributed by atoms with Crippen LogP contribution in [0, 0.1) is 6.92 Å². The first-order valence-corrected chi connectivity index (χ1v) is 7.91. The molecule has 0 bridgehead atoms. The maximum Gasteiger partial charge on any atom is 0.240 e. The number of halogens is 1. The van der Waals surface area contributed by atoms with Crippen LogP contribution in [-0.2, 0) is 14.8 Å². The lowest BCUT2D eigenvalue weighted by molar-refractivity contribution is -0.115. The number of alkyl halides is 1. The smallest absolute Gasteiger partial charge is 0.240 e. The summed E-state index contributed by atoms with van der Waals surface area (Å²) in [6.07, 6.45) is 0.336. The predicted molar refractivity (Wildman–Crippen MR) is 74.5 cm³/mol. The minimum atomic E-state index is -3.50. The molecule has 0 unspecified atom stereocenters. The van der Waals surface area contributed by atoms with Crippen LogP contribution in [0.4, 0.5) is 5.69 Å². The molecule has 0 atom stereocenters. The minimum absolute atomic E-state index is 0.129. The van der Waals surface area contributed by atoms with Gasteiger partial charge in [-0.25, -0.2) is 13.1 Å². The Bertz CT molecular complexity index is 543. The average Bonchev–Trinajstić information content (AvgIpc) is 2.32. The molecule has 1 aromatic carbocycles. The zero-order valence-electron chi connectivity index (χ0n) is 10.2. The Morgan fingerprint density at radius 2 is 2.06 bits per heavy atom. The number of hydrogen-bond acceptors (Lipinski definition) is 3. The number of carbonyl (C=O) groups excluding carboxylic acids is 1. The maximum atomic E-state index is 11.6. The van der Waals surface area contributed by atoms with E-state index in [0.29, 0.717) is 17.4 Å². The summed E-state index contributed by atoms with van der Waals surface area (Å²) >= 11 is 3.17. The van der Waals surface area contributed by atoms with Crippen molar-refractivity contribution in [3.05, 3.63) is 23.8 Å². The molecule has 0 saturated heterocycles. The third kappa shape index (κ3) is 3.79. The van der Waals surface area contributed by atoms with Crippen LogP contribution in [0.2, 0.25) is 0 Å². The van der Waals surface area contributed by atoms with Crippen LogP contribution in [0.25, 0.3) is 0 Å². The Morgan fingerprint density at radius 1 is 1.39 bits per heavy atom. The number of rotatable bonds is 5. The summed E-state index contributed by atoms with van der Waals surface area (Å²) in [5.74, 6) is -0.158. The van der Waals surface area contributed by atoms with Gasteiger partial charge in [0.1, 0.15) is 0 Å². The van der Waals surface area contributed by atoms with Crippen LogP contribution in [0.15, 0.2) is 23.1 Å². The number of hydrogen-bond donors (Lipinski definition) is 2. The summed E-state index contributed by atoms with van der Waals surface area (Å²) in [7, 11) is -2.15. The molecule has 0 heterocycles. The number of sulfonamides is 1. The molecule has 1 amide bonds. The summed E-state index contributed by atoms with van der Waals surface area (Å²) in [5.41, 5.74) is 1.32. The second-order valence-corrected chi connectivity index (χ2v) is 6.35. The number of aryl methyl sites for hydroxylation is 1. The molecule has 0 aliphatic rings. The number of benzene rings is 1. The standard InChI is InChI=1S/C11H15BrN2O3S/c1-8-3-4-9(18(16,17)13-2)7-10(8)14-11(15)5-6-12/h3-4,7,13H,5-6H2,1-2H3,(H,14,15). The highest BCUT2D eigenvalue weighted by molar-refractivity contribution is 9.09. The van der Waals surface area contributed by atoms with Gasteiger partial charge < -0.3 is 5.32 Å². The van der Waals surface area contributed by atoms with Gasteiger partial charge in [-0.3, -0.25) is 4.79 Å². The summed E-state index contributed by atoms with van der Waals surface area (Å²) in [4.78, 5) is 11.6. The first kappa shape index (κ1) is 15.1. The molecule has 0 spiro atoms. The van der Waals surface area contributed by atoms with Crippen molar-refractivity contribution in [2.24, 2.45) is 0 Å². The fourth-order valence-electron chi connectivity index (χ4n) is 1.32. The molecule has 0 radical (unpaired) electrons. The highest BCUT2D eigenvalue weighted by atomic mass is 79.9. The predicted octanol–water partition coefficient (Wildman–Crippen LogP) is 1.63. The quantitative estimate of drug-likeness (QED) is 0.803. The zero-order chi connectivity index (χ0) is 13.8. The first-order chi connectivity index (χ1) is 8.40. The van der Waals surface area contributed by atoms with Crippen molar-refractivity contribution in [2.75, 3.05) is 17.7 Å². The van der Waals surface area contributed by atoms with Gasteiger partial charge in [-0.05, 0) is 31.7 Å². The van der Waals surface area contributed by atoms with Gasteiger partial charge in [0, 0.05) is 17.4 Å². The molecular weight excluding hydrogens is 320 g/mol. The van der Waals surface area contributed by atoms with E-state index in [1.165, 1.54) is 19.2 Å². The van der Waals surface area contributed by atoms with Gasteiger partial charge >= 0.3 is 0 Å². The van der Waals surface area contributed by atoms with E-state index in [9.17, 15) is 13.2 Å². The SMILES string of the molecule is CNS(=O)(=O)c1ccc(C)c(NC(=O)CCBr)c1. The Labute approximate surface area is 115 Å². The van der Waals surface area contributed by atoms with E-state index >= 15 is 0 Å². The second kappa shape index (κ2) is 6.31. The van der Waals surface area contributed by atoms with Crippen LogP contribution in [-0.4, -0.2) is 26.7 Å². The van der Waals surface area contributed by atoms with Crippen molar-refractivity contribution in [1.82, 2.24) is 4.72 Å². The molecule has 5 nitrogen and oxygen atoms in total. The normalized spacial score (nSPS) is 11.3. The van der Waals surface area contributed by atoms with E-state index in [0.717, 1.165) is 5.56 Å². The molecule has 1 rings (SSSR count). The summed E-state index contributed by atoms with van der Waals surface area (Å²) in [5, 5.41) is 3.25. The van der Waals surface area contributed by atoms with E-state index in [1.54, 1.807) is 13.0 Å². The van der Waals surface area contributed by atoms with E-state index in [1.807, 2.05) is 0 Å². The van der Waals surface area contributed by atoms with Crippen LogP contribution in [0.3, 0.4) is 0 Å². The Kier molecular flexibility index (Phi) is 5.30. The fraction of sp³-hybridized carbons (Fsp3) is 0.364. The van der Waals surface area contributed by atoms with E-state index in [-0.39, 0.29) is 10.8 Å². The number of nitrogens with one attached hydrogen (secondary N) is 2. The molecule has 100 valence electrons. The Morgan fingerprint density at radius 3 is 2.61 bits per heavy atom. The van der Waals surface area contributed by atoms with Gasteiger partial charge in [-0.1, -0.05) is 22.0 Å². The largest absolute Gasteiger partial charge is 0.326 e. The lowest BCUT2D eigenvalue weighted by Crippen LogP contribution is -2.19. The molecule has 1 aromatic rings. The van der Waals surface area contributed by atoms with Crippen LogP contribution >= 0.6 is 15.9 Å². The first-order valence-electron chi connectivity index (χ1n) is 5.30. The van der Waals surface area contributed by atoms with Crippen molar-refractivity contribution in [3.63, 3.8) is 0 Å². The monoisotopic (exact) mass is 334 g/mol. The molecule has 0 saturated carbocycles. The molecule has 7 heteroatoms. The van der Waals surface area contributed by atoms with Gasteiger partial charge in [0.15, 0.2) is 0 Å². The van der Waals surface area contributed by atoms with Crippen molar-refractivity contribution < 1.29 is 13.2 Å². The van der Waals surface area contributed by atoms with E-state index in [4.69, 9.17) is 0 Å². The third-order valence-corrected chi connectivity index (χ3v) is 4.19. The molecule has 0 aliphatic heterocycles. The molecule has 0 fully saturated rings. The molecule has 2 N–H and O–H groups in total. The highest BCUT2D eigenvalue weighted by Gasteiger charge is 2.13. The van der Waals surface area contributed by atoms with E-state index < -0.39 is 10.0 Å².